The Bertz CT molecular complexity index is 612. The van der Waals surface area contributed by atoms with Crippen molar-refractivity contribution in [3.63, 3.8) is 0 Å². The summed E-state index contributed by atoms with van der Waals surface area (Å²) in [6.07, 6.45) is 0.606. The van der Waals surface area contributed by atoms with Gasteiger partial charge in [-0.25, -0.2) is 4.79 Å². The second-order valence-electron chi connectivity index (χ2n) is 6.18. The zero-order valence-corrected chi connectivity index (χ0v) is 14.5. The van der Waals surface area contributed by atoms with Crippen LogP contribution in [0, 0.1) is 17.2 Å². The summed E-state index contributed by atoms with van der Waals surface area (Å²) in [6, 6.07) is 7.81. The van der Waals surface area contributed by atoms with Gasteiger partial charge in [0.2, 0.25) is 0 Å². The molecule has 0 spiro atoms. The lowest BCUT2D eigenvalue weighted by molar-refractivity contribution is 0.132. The normalized spacial score (nSPS) is 17.2. The first-order chi connectivity index (χ1) is 11.0. The maximum absolute atomic E-state index is 11.7. The minimum Gasteiger partial charge on any atom is -0.453 e. The van der Waals surface area contributed by atoms with E-state index in [-0.39, 0.29) is 12.1 Å². The first-order valence-corrected chi connectivity index (χ1v) is 8.13. The average Bonchev–Trinajstić information content (AvgIpc) is 3.01. The fourth-order valence-electron chi connectivity index (χ4n) is 2.92. The maximum Gasteiger partial charge on any atom is 0.409 e. The molecule has 1 amide bonds. The molecule has 1 saturated heterocycles. The van der Waals surface area contributed by atoms with E-state index in [9.17, 15) is 4.79 Å². The highest BCUT2D eigenvalue weighted by atomic mass is 35.5. The summed E-state index contributed by atoms with van der Waals surface area (Å²) in [5.41, 5.74) is 1.46. The highest BCUT2D eigenvalue weighted by Crippen LogP contribution is 2.28. The van der Waals surface area contributed by atoms with Crippen molar-refractivity contribution >= 4 is 23.4 Å². The number of benzene rings is 1. The zero-order chi connectivity index (χ0) is 17.0. The van der Waals surface area contributed by atoms with Crippen LogP contribution in [0.15, 0.2) is 18.2 Å². The zero-order valence-electron chi connectivity index (χ0n) is 13.8. The van der Waals surface area contributed by atoms with Crippen LogP contribution in [-0.4, -0.2) is 43.8 Å². The molecule has 0 aromatic heterocycles. The summed E-state index contributed by atoms with van der Waals surface area (Å²) in [6.45, 7) is 6.51. The highest BCUT2D eigenvalue weighted by molar-refractivity contribution is 6.32. The van der Waals surface area contributed by atoms with Crippen molar-refractivity contribution < 1.29 is 9.53 Å². The average molecular weight is 336 g/mol. The molecule has 1 aromatic rings. The van der Waals surface area contributed by atoms with E-state index < -0.39 is 0 Å². The molecule has 2 rings (SSSR count). The van der Waals surface area contributed by atoms with Gasteiger partial charge in [-0.2, -0.15) is 5.26 Å². The number of ether oxygens (including phenoxy) is 1. The number of nitrogens with zero attached hydrogens (tertiary/aromatic N) is 3. The minimum absolute atomic E-state index is 0.223. The first-order valence-electron chi connectivity index (χ1n) is 7.75. The van der Waals surface area contributed by atoms with E-state index in [0.717, 1.165) is 18.7 Å². The third kappa shape index (κ3) is 4.08. The topological polar surface area (TPSA) is 56.6 Å². The van der Waals surface area contributed by atoms with Gasteiger partial charge in [-0.05, 0) is 30.5 Å². The van der Waals surface area contributed by atoms with Gasteiger partial charge in [0.1, 0.15) is 6.07 Å². The number of hydrogen-bond donors (Lipinski definition) is 0. The van der Waals surface area contributed by atoms with Gasteiger partial charge >= 0.3 is 6.09 Å². The van der Waals surface area contributed by atoms with Gasteiger partial charge in [0.15, 0.2) is 0 Å². The van der Waals surface area contributed by atoms with Crippen molar-refractivity contribution in [3.05, 3.63) is 28.8 Å². The molecule has 1 aliphatic heterocycles. The van der Waals surface area contributed by atoms with E-state index in [2.05, 4.69) is 24.8 Å². The number of methoxy groups -OCH3 is 1. The highest BCUT2D eigenvalue weighted by Gasteiger charge is 2.31. The lowest BCUT2D eigenvalue weighted by atomic mass is 10.1. The van der Waals surface area contributed by atoms with Gasteiger partial charge in [0.05, 0.1) is 17.7 Å². The van der Waals surface area contributed by atoms with Crippen molar-refractivity contribution in [3.8, 4) is 6.07 Å². The molecule has 124 valence electrons. The molecule has 0 saturated carbocycles. The van der Waals surface area contributed by atoms with Crippen LogP contribution in [0.3, 0.4) is 0 Å². The van der Waals surface area contributed by atoms with Crippen molar-refractivity contribution in [1.29, 1.82) is 5.26 Å². The molecule has 0 radical (unpaired) electrons. The summed E-state index contributed by atoms with van der Waals surface area (Å²) in [4.78, 5) is 15.7. The summed E-state index contributed by atoms with van der Waals surface area (Å²) >= 11 is 6.18. The van der Waals surface area contributed by atoms with Gasteiger partial charge in [-0.3, -0.25) is 0 Å². The molecule has 6 heteroatoms. The summed E-state index contributed by atoms with van der Waals surface area (Å²) < 4.78 is 4.81. The Labute approximate surface area is 142 Å². The number of hydrogen-bond acceptors (Lipinski definition) is 4. The van der Waals surface area contributed by atoms with Gasteiger partial charge < -0.3 is 14.5 Å². The van der Waals surface area contributed by atoms with Crippen molar-refractivity contribution in [1.82, 2.24) is 4.90 Å². The Morgan fingerprint density at radius 3 is 2.87 bits per heavy atom. The second-order valence-corrected chi connectivity index (χ2v) is 6.59. The van der Waals surface area contributed by atoms with Crippen LogP contribution < -0.4 is 4.90 Å². The van der Waals surface area contributed by atoms with E-state index in [4.69, 9.17) is 21.6 Å². The standard InChI is InChI=1S/C17H22ClN3O2/c1-12(2)10-21(14-5-4-13(9-19)16(18)8-14)15-6-7-20(11-15)17(22)23-3/h4-5,8,12,15H,6-7,10-11H2,1-3H3. The molecule has 0 N–H and O–H groups in total. The smallest absolute Gasteiger partial charge is 0.409 e. The number of anilines is 1. The largest absolute Gasteiger partial charge is 0.453 e. The summed E-state index contributed by atoms with van der Waals surface area (Å²) in [5, 5.41) is 9.48. The van der Waals surface area contributed by atoms with Crippen LogP contribution in [-0.2, 0) is 4.74 Å². The van der Waals surface area contributed by atoms with E-state index in [1.165, 1.54) is 7.11 Å². The first kappa shape index (κ1) is 17.4. The predicted molar refractivity (Wildman–Crippen MR) is 90.7 cm³/mol. The second kappa shape index (κ2) is 7.56. The van der Waals surface area contributed by atoms with Gasteiger partial charge in [0, 0.05) is 31.4 Å². The van der Waals surface area contributed by atoms with Crippen molar-refractivity contribution in [2.24, 2.45) is 5.92 Å². The number of carbonyl (C=O) groups excluding carboxylic acids is 1. The molecular formula is C17H22ClN3O2. The van der Waals surface area contributed by atoms with E-state index in [1.54, 1.807) is 11.0 Å². The molecule has 1 aromatic carbocycles. The van der Waals surface area contributed by atoms with E-state index in [1.807, 2.05) is 12.1 Å². The number of likely N-dealkylation sites (tertiary alicyclic amines) is 1. The van der Waals surface area contributed by atoms with Crippen LogP contribution in [0.2, 0.25) is 5.02 Å². The fraction of sp³-hybridized carbons (Fsp3) is 0.529. The SMILES string of the molecule is COC(=O)N1CCC(N(CC(C)C)c2ccc(C#N)c(Cl)c2)C1. The maximum atomic E-state index is 11.7. The Hall–Kier alpha value is -1.93. The molecular weight excluding hydrogens is 314 g/mol. The lowest BCUT2D eigenvalue weighted by Gasteiger charge is -2.33. The number of amides is 1. The number of rotatable bonds is 4. The number of carbonyl (C=O) groups is 1. The predicted octanol–water partition coefficient (Wildman–Crippen LogP) is 3.51. The Morgan fingerprint density at radius 1 is 1.57 bits per heavy atom. The number of halogens is 1. The Balaban J connectivity index is 2.23. The van der Waals surface area contributed by atoms with Gasteiger partial charge in [-0.15, -0.1) is 0 Å². The van der Waals surface area contributed by atoms with Crippen LogP contribution >= 0.6 is 11.6 Å². The molecule has 0 aliphatic carbocycles. The monoisotopic (exact) mass is 335 g/mol. The third-order valence-corrected chi connectivity index (χ3v) is 4.32. The van der Waals surface area contributed by atoms with Crippen molar-refractivity contribution in [2.75, 3.05) is 31.6 Å². The number of nitriles is 1. The van der Waals surface area contributed by atoms with Crippen LogP contribution in [0.25, 0.3) is 0 Å². The van der Waals surface area contributed by atoms with Crippen LogP contribution in [0.4, 0.5) is 10.5 Å². The molecule has 23 heavy (non-hydrogen) atoms. The molecule has 1 aliphatic rings. The van der Waals surface area contributed by atoms with Gasteiger partial charge in [-0.1, -0.05) is 25.4 Å². The third-order valence-electron chi connectivity index (χ3n) is 4.00. The Kier molecular flexibility index (Phi) is 5.73. The fourth-order valence-corrected chi connectivity index (χ4v) is 3.14. The van der Waals surface area contributed by atoms with Crippen molar-refractivity contribution in [2.45, 2.75) is 26.3 Å². The molecule has 1 fully saturated rings. The molecule has 1 atom stereocenters. The molecule has 1 heterocycles. The summed E-state index contributed by atoms with van der Waals surface area (Å²) in [7, 11) is 1.40. The molecule has 1 unspecified atom stereocenters. The Morgan fingerprint density at radius 2 is 2.30 bits per heavy atom. The van der Waals surface area contributed by atoms with E-state index in [0.29, 0.717) is 29.6 Å². The lowest BCUT2D eigenvalue weighted by Crippen LogP contribution is -2.41. The van der Waals surface area contributed by atoms with Crippen LogP contribution in [0.1, 0.15) is 25.8 Å². The molecule has 0 bridgehead atoms. The summed E-state index contributed by atoms with van der Waals surface area (Å²) in [5.74, 6) is 0.469. The quantitative estimate of drug-likeness (QED) is 0.844. The minimum atomic E-state index is -0.283. The van der Waals surface area contributed by atoms with Gasteiger partial charge in [0.25, 0.3) is 0 Å². The molecule has 5 nitrogen and oxygen atoms in total. The van der Waals surface area contributed by atoms with E-state index >= 15 is 0 Å². The van der Waals surface area contributed by atoms with Crippen LogP contribution in [0.5, 0.6) is 0 Å².